The number of rotatable bonds is 5. The number of urea groups is 1. The first kappa shape index (κ1) is 13.5. The number of anilines is 1. The van der Waals surface area contributed by atoms with Crippen LogP contribution in [0.25, 0.3) is 0 Å². The highest BCUT2D eigenvalue weighted by atomic mass is 16.4. The van der Waals surface area contributed by atoms with Crippen LogP contribution in [0, 0.1) is 0 Å². The molecule has 0 saturated heterocycles. The molecular weight excluding hydrogens is 262 g/mol. The lowest BCUT2D eigenvalue weighted by atomic mass is 10.2. The van der Waals surface area contributed by atoms with Crippen molar-refractivity contribution in [1.29, 1.82) is 0 Å². The van der Waals surface area contributed by atoms with Crippen LogP contribution in [0.4, 0.5) is 10.5 Å². The topological polar surface area (TPSA) is 120 Å². The van der Waals surface area contributed by atoms with E-state index in [4.69, 9.17) is 5.11 Å². The number of imidazole rings is 1. The second-order valence-corrected chi connectivity index (χ2v) is 3.98. The van der Waals surface area contributed by atoms with Gasteiger partial charge >= 0.3 is 12.0 Å². The molecule has 0 aliphatic rings. The fourth-order valence-electron chi connectivity index (χ4n) is 1.53. The minimum absolute atomic E-state index is 0.0141. The summed E-state index contributed by atoms with van der Waals surface area (Å²) >= 11 is 0. The molecule has 2 aromatic heterocycles. The van der Waals surface area contributed by atoms with Gasteiger partial charge in [0.2, 0.25) is 0 Å². The largest absolute Gasteiger partial charge is 0.478 e. The molecule has 2 aromatic rings. The molecule has 20 heavy (non-hydrogen) atoms. The molecule has 8 nitrogen and oxygen atoms in total. The Morgan fingerprint density at radius 3 is 2.80 bits per heavy atom. The van der Waals surface area contributed by atoms with E-state index in [1.165, 1.54) is 18.5 Å². The Bertz CT molecular complexity index is 597. The van der Waals surface area contributed by atoms with Gasteiger partial charge in [-0.2, -0.15) is 0 Å². The third-order valence-electron chi connectivity index (χ3n) is 2.48. The summed E-state index contributed by atoms with van der Waals surface area (Å²) in [6.45, 7) is 0.431. The number of carbonyl (C=O) groups excluding carboxylic acids is 1. The third-order valence-corrected chi connectivity index (χ3v) is 2.48. The van der Waals surface area contributed by atoms with Crippen molar-refractivity contribution in [3.8, 4) is 0 Å². The molecule has 2 heterocycles. The van der Waals surface area contributed by atoms with Crippen molar-refractivity contribution in [3.63, 3.8) is 0 Å². The lowest BCUT2D eigenvalue weighted by Crippen LogP contribution is -2.30. The van der Waals surface area contributed by atoms with Crippen LogP contribution < -0.4 is 10.6 Å². The first-order valence-corrected chi connectivity index (χ1v) is 5.85. The Hall–Kier alpha value is -2.90. The Kier molecular flexibility index (Phi) is 4.28. The molecule has 8 heteroatoms. The monoisotopic (exact) mass is 275 g/mol. The van der Waals surface area contributed by atoms with Gasteiger partial charge in [-0.1, -0.05) is 0 Å². The highest BCUT2D eigenvalue weighted by molar-refractivity contribution is 5.92. The maximum atomic E-state index is 11.6. The smallest absolute Gasteiger partial charge is 0.337 e. The van der Waals surface area contributed by atoms with Crippen LogP contribution >= 0.6 is 0 Å². The highest BCUT2D eigenvalue weighted by Crippen LogP contribution is 2.07. The van der Waals surface area contributed by atoms with E-state index in [2.05, 4.69) is 25.6 Å². The van der Waals surface area contributed by atoms with Gasteiger partial charge in [-0.15, -0.1) is 0 Å². The number of carbonyl (C=O) groups is 2. The summed E-state index contributed by atoms with van der Waals surface area (Å²) < 4.78 is 0. The number of pyridine rings is 1. The molecule has 4 N–H and O–H groups in total. The van der Waals surface area contributed by atoms with E-state index in [1.807, 2.05) is 0 Å². The summed E-state index contributed by atoms with van der Waals surface area (Å²) in [4.78, 5) is 32.9. The van der Waals surface area contributed by atoms with Crippen molar-refractivity contribution in [2.75, 3.05) is 11.9 Å². The number of H-pyrrole nitrogens is 1. The van der Waals surface area contributed by atoms with E-state index >= 15 is 0 Å². The summed E-state index contributed by atoms with van der Waals surface area (Å²) in [6.07, 6.45) is 6.46. The van der Waals surface area contributed by atoms with Crippen LogP contribution in [-0.2, 0) is 6.42 Å². The Labute approximate surface area is 114 Å². The first-order chi connectivity index (χ1) is 9.65. The van der Waals surface area contributed by atoms with Crippen molar-refractivity contribution >= 4 is 17.7 Å². The maximum Gasteiger partial charge on any atom is 0.337 e. The third kappa shape index (κ3) is 3.80. The lowest BCUT2D eigenvalue weighted by molar-refractivity contribution is 0.0696. The normalized spacial score (nSPS) is 10.0. The average molecular weight is 275 g/mol. The Morgan fingerprint density at radius 1 is 1.25 bits per heavy atom. The van der Waals surface area contributed by atoms with Gasteiger partial charge in [0, 0.05) is 31.1 Å². The second kappa shape index (κ2) is 6.32. The molecule has 0 bridgehead atoms. The van der Waals surface area contributed by atoms with E-state index < -0.39 is 12.0 Å². The van der Waals surface area contributed by atoms with E-state index in [9.17, 15) is 9.59 Å². The number of aromatic nitrogens is 3. The molecule has 104 valence electrons. The Morgan fingerprint density at radius 2 is 2.10 bits per heavy atom. The van der Waals surface area contributed by atoms with Crippen molar-refractivity contribution in [2.24, 2.45) is 0 Å². The number of hydrogen-bond acceptors (Lipinski definition) is 4. The van der Waals surface area contributed by atoms with Gasteiger partial charge in [-0.05, 0) is 6.07 Å². The molecule has 2 amide bonds. The second-order valence-electron chi connectivity index (χ2n) is 3.98. The number of nitrogens with one attached hydrogen (secondary N) is 3. The van der Waals surface area contributed by atoms with Gasteiger partial charge in [-0.25, -0.2) is 14.6 Å². The summed E-state index contributed by atoms with van der Waals surface area (Å²) in [5, 5.41) is 14.0. The minimum Gasteiger partial charge on any atom is -0.478 e. The van der Waals surface area contributed by atoms with Gasteiger partial charge in [0.25, 0.3) is 0 Å². The number of carboxylic acids is 1. The van der Waals surface area contributed by atoms with Crippen molar-refractivity contribution in [1.82, 2.24) is 20.3 Å². The van der Waals surface area contributed by atoms with Crippen molar-refractivity contribution in [3.05, 3.63) is 42.2 Å². The van der Waals surface area contributed by atoms with Crippen molar-refractivity contribution in [2.45, 2.75) is 6.42 Å². The molecule has 2 rings (SSSR count). The number of amides is 2. The predicted octanol–water partition coefficient (Wildman–Crippen LogP) is 0.867. The number of aromatic carboxylic acids is 1. The summed E-state index contributed by atoms with van der Waals surface area (Å²) in [5.41, 5.74) is 1.25. The van der Waals surface area contributed by atoms with Crippen LogP contribution in [0.5, 0.6) is 0 Å². The van der Waals surface area contributed by atoms with Gasteiger partial charge in [0.15, 0.2) is 0 Å². The molecule has 0 aromatic carbocycles. The van der Waals surface area contributed by atoms with E-state index in [0.717, 1.165) is 5.69 Å². The van der Waals surface area contributed by atoms with Gasteiger partial charge in [-0.3, -0.25) is 4.98 Å². The quantitative estimate of drug-likeness (QED) is 0.645. The fraction of sp³-hybridized carbons (Fsp3) is 0.167. The molecule has 0 fully saturated rings. The molecule has 0 saturated carbocycles. The average Bonchev–Trinajstić information content (AvgIpc) is 2.92. The molecular formula is C12H13N5O3. The summed E-state index contributed by atoms with van der Waals surface area (Å²) in [5.74, 6) is -1.10. The van der Waals surface area contributed by atoms with Crippen LogP contribution in [0.2, 0.25) is 0 Å². The zero-order chi connectivity index (χ0) is 14.4. The summed E-state index contributed by atoms with van der Waals surface area (Å²) in [7, 11) is 0. The maximum absolute atomic E-state index is 11.6. The zero-order valence-electron chi connectivity index (χ0n) is 10.5. The van der Waals surface area contributed by atoms with Crippen LogP contribution in [0.3, 0.4) is 0 Å². The molecule has 0 atom stereocenters. The number of hydrogen-bond donors (Lipinski definition) is 4. The highest BCUT2D eigenvalue weighted by Gasteiger charge is 2.06. The van der Waals surface area contributed by atoms with Gasteiger partial charge in [0.1, 0.15) is 0 Å². The number of nitrogens with zero attached hydrogens (tertiary/aromatic N) is 2. The zero-order valence-corrected chi connectivity index (χ0v) is 10.5. The van der Waals surface area contributed by atoms with Gasteiger partial charge < -0.3 is 20.7 Å². The first-order valence-electron chi connectivity index (χ1n) is 5.85. The van der Waals surface area contributed by atoms with E-state index in [0.29, 0.717) is 18.7 Å². The molecule has 0 aliphatic heterocycles. The number of carboxylic acid groups (broad SMARTS) is 1. The van der Waals surface area contributed by atoms with Crippen LogP contribution in [0.15, 0.2) is 31.0 Å². The minimum atomic E-state index is -1.10. The standard InChI is InChI=1S/C12H13N5O3/c18-11(19)8-3-10(6-13-4-8)17-12(20)15-2-1-9-5-14-7-16-9/h3-7H,1-2H2,(H,14,16)(H,18,19)(H2,15,17,20). The van der Waals surface area contributed by atoms with E-state index in [-0.39, 0.29) is 5.56 Å². The Balaban J connectivity index is 1.82. The lowest BCUT2D eigenvalue weighted by Gasteiger charge is -2.07. The van der Waals surface area contributed by atoms with Crippen molar-refractivity contribution < 1.29 is 14.7 Å². The van der Waals surface area contributed by atoms with Gasteiger partial charge in [0.05, 0.1) is 23.8 Å². The SMILES string of the molecule is O=C(NCCc1cnc[nH]1)Nc1cncc(C(=O)O)c1. The molecule has 0 radical (unpaired) electrons. The fourth-order valence-corrected chi connectivity index (χ4v) is 1.53. The predicted molar refractivity (Wildman–Crippen MR) is 70.5 cm³/mol. The molecule has 0 aliphatic carbocycles. The van der Waals surface area contributed by atoms with E-state index in [1.54, 1.807) is 12.5 Å². The summed E-state index contributed by atoms with van der Waals surface area (Å²) in [6, 6.07) is 0.915. The molecule has 0 unspecified atom stereocenters. The van der Waals surface area contributed by atoms with Crippen LogP contribution in [0.1, 0.15) is 16.1 Å². The van der Waals surface area contributed by atoms with Crippen LogP contribution in [-0.4, -0.2) is 38.6 Å². The number of aromatic amines is 1. The molecule has 0 spiro atoms.